The quantitative estimate of drug-likeness (QED) is 0.314. The summed E-state index contributed by atoms with van der Waals surface area (Å²) in [5.41, 5.74) is 18.9. The zero-order valence-corrected chi connectivity index (χ0v) is 19.1. The zero-order chi connectivity index (χ0) is 22.8. The molecule has 0 spiro atoms. The van der Waals surface area contributed by atoms with Gasteiger partial charge in [-0.25, -0.2) is 9.97 Å². The minimum absolute atomic E-state index is 0.0893. The number of aromatic amines is 2. The number of hydrogen-bond donors (Lipinski definition) is 4. The first kappa shape index (κ1) is 22.0. The smallest absolute Gasteiger partial charge is 0.123 e. The predicted octanol–water partition coefficient (Wildman–Crippen LogP) is 5.45. The summed E-state index contributed by atoms with van der Waals surface area (Å²) in [6, 6.07) is 16.8. The monoisotopic (exact) mass is 428 g/mol. The van der Waals surface area contributed by atoms with Crippen molar-refractivity contribution < 1.29 is 0 Å². The Morgan fingerprint density at radius 1 is 0.562 bits per heavy atom. The lowest BCUT2D eigenvalue weighted by molar-refractivity contribution is 0.494. The average Bonchev–Trinajstić information content (AvgIpc) is 3.48. The number of rotatable bonds is 7. The van der Waals surface area contributed by atoms with Crippen molar-refractivity contribution in [3.05, 3.63) is 72.6 Å². The maximum atomic E-state index is 6.21. The van der Waals surface area contributed by atoms with Gasteiger partial charge in [-0.1, -0.05) is 76.2 Å². The minimum Gasteiger partial charge on any atom is -0.341 e. The molecule has 166 valence electrons. The van der Waals surface area contributed by atoms with Crippen LogP contribution in [-0.2, 0) is 0 Å². The van der Waals surface area contributed by atoms with Crippen LogP contribution in [0.2, 0.25) is 0 Å². The third kappa shape index (κ3) is 4.52. The van der Waals surface area contributed by atoms with E-state index in [1.54, 1.807) is 0 Å². The van der Waals surface area contributed by atoms with Crippen LogP contribution in [0.3, 0.4) is 0 Å². The van der Waals surface area contributed by atoms with Crippen molar-refractivity contribution in [2.75, 3.05) is 0 Å². The van der Waals surface area contributed by atoms with Gasteiger partial charge in [-0.05, 0) is 34.1 Å². The molecule has 0 amide bonds. The molecule has 1 unspecified atom stereocenters. The molecule has 2 aromatic heterocycles. The summed E-state index contributed by atoms with van der Waals surface area (Å²) in [6.45, 7) is 8.38. The van der Waals surface area contributed by atoms with E-state index in [1.807, 2.05) is 12.4 Å². The van der Waals surface area contributed by atoms with Crippen molar-refractivity contribution in [3.8, 4) is 33.6 Å². The van der Waals surface area contributed by atoms with Crippen LogP contribution in [0.5, 0.6) is 0 Å². The first-order valence-corrected chi connectivity index (χ1v) is 11.2. The van der Waals surface area contributed by atoms with Crippen molar-refractivity contribution in [1.29, 1.82) is 0 Å². The Hall–Kier alpha value is -3.22. The molecule has 0 saturated carbocycles. The van der Waals surface area contributed by atoms with Gasteiger partial charge in [0.2, 0.25) is 0 Å². The van der Waals surface area contributed by atoms with Gasteiger partial charge in [0.15, 0.2) is 0 Å². The highest BCUT2D eigenvalue weighted by Gasteiger charge is 2.15. The second-order valence-electron chi connectivity index (χ2n) is 9.06. The Morgan fingerprint density at radius 3 is 1.19 bits per heavy atom. The molecule has 4 aromatic rings. The molecule has 0 aliphatic carbocycles. The van der Waals surface area contributed by atoms with Gasteiger partial charge in [-0.2, -0.15) is 0 Å². The minimum atomic E-state index is -0.0893. The SMILES string of the molecule is CC(C)C(N)c1ncc(-c2ccc(-c3ccc(-c4cnc([C@@H](N)C(C)C)[nH]4)cc3)cc2)[nH]1. The fraction of sp³-hybridized carbons (Fsp3) is 0.308. The van der Waals surface area contributed by atoms with Gasteiger partial charge < -0.3 is 21.4 Å². The Bertz CT molecular complexity index is 1060. The van der Waals surface area contributed by atoms with Crippen LogP contribution >= 0.6 is 0 Å². The maximum absolute atomic E-state index is 6.21. The van der Waals surface area contributed by atoms with E-state index in [9.17, 15) is 0 Å². The first-order chi connectivity index (χ1) is 15.3. The molecule has 0 bridgehead atoms. The molecule has 2 atom stereocenters. The van der Waals surface area contributed by atoms with Crippen LogP contribution in [0, 0.1) is 11.8 Å². The Balaban J connectivity index is 1.49. The summed E-state index contributed by atoms with van der Waals surface area (Å²) in [7, 11) is 0. The summed E-state index contributed by atoms with van der Waals surface area (Å²) < 4.78 is 0. The number of benzene rings is 2. The van der Waals surface area contributed by atoms with Gasteiger partial charge in [0, 0.05) is 0 Å². The van der Waals surface area contributed by atoms with Gasteiger partial charge in [0.25, 0.3) is 0 Å². The third-order valence-corrected chi connectivity index (χ3v) is 5.98. The maximum Gasteiger partial charge on any atom is 0.123 e. The summed E-state index contributed by atoms with van der Waals surface area (Å²) in [4.78, 5) is 15.6. The number of H-pyrrole nitrogens is 2. The molecule has 6 N–H and O–H groups in total. The summed E-state index contributed by atoms with van der Waals surface area (Å²) in [5, 5.41) is 0. The highest BCUT2D eigenvalue weighted by molar-refractivity contribution is 5.71. The summed E-state index contributed by atoms with van der Waals surface area (Å²) in [6.07, 6.45) is 3.70. The van der Waals surface area contributed by atoms with E-state index < -0.39 is 0 Å². The Kier molecular flexibility index (Phi) is 6.26. The van der Waals surface area contributed by atoms with E-state index in [4.69, 9.17) is 11.5 Å². The molecule has 0 aliphatic heterocycles. The lowest BCUT2D eigenvalue weighted by atomic mass is 10.0. The molecule has 4 rings (SSSR count). The van der Waals surface area contributed by atoms with E-state index in [0.29, 0.717) is 11.8 Å². The molecule has 2 aromatic carbocycles. The number of aromatic nitrogens is 4. The number of nitrogens with one attached hydrogen (secondary N) is 2. The molecular formula is C26H32N6. The van der Waals surface area contributed by atoms with Gasteiger partial charge in [-0.15, -0.1) is 0 Å². The normalized spacial score (nSPS) is 13.6. The lowest BCUT2D eigenvalue weighted by Crippen LogP contribution is -2.18. The molecule has 0 aliphatic rings. The average molecular weight is 429 g/mol. The van der Waals surface area contributed by atoms with Crippen molar-refractivity contribution >= 4 is 0 Å². The van der Waals surface area contributed by atoms with E-state index in [2.05, 4.69) is 96.2 Å². The molecule has 0 fully saturated rings. The van der Waals surface area contributed by atoms with Crippen LogP contribution in [0.15, 0.2) is 60.9 Å². The largest absolute Gasteiger partial charge is 0.341 e. The predicted molar refractivity (Wildman–Crippen MR) is 131 cm³/mol. The first-order valence-electron chi connectivity index (χ1n) is 11.2. The van der Waals surface area contributed by atoms with Gasteiger partial charge in [0.1, 0.15) is 11.6 Å². The standard InChI is InChI=1S/C26H32N6/c1-15(2)23(27)25-29-13-21(31-25)19-9-5-17(6-10-19)18-7-11-20(12-8-18)22-14-30-26(32-22)24(28)16(3)4/h5-16,23-24H,27-28H2,1-4H3,(H,29,31)(H,30,32)/t23-,24?/m0/s1. The zero-order valence-electron chi connectivity index (χ0n) is 19.1. The van der Waals surface area contributed by atoms with Gasteiger partial charge >= 0.3 is 0 Å². The molecule has 32 heavy (non-hydrogen) atoms. The number of imidazole rings is 2. The number of hydrogen-bond acceptors (Lipinski definition) is 4. The second kappa shape index (κ2) is 9.10. The fourth-order valence-corrected chi connectivity index (χ4v) is 3.62. The third-order valence-electron chi connectivity index (χ3n) is 5.98. The molecule has 2 heterocycles. The number of nitrogens with zero attached hydrogens (tertiary/aromatic N) is 2. The molecular weight excluding hydrogens is 396 g/mol. The number of nitrogens with two attached hydrogens (primary N) is 2. The van der Waals surface area contributed by atoms with Crippen LogP contribution in [0.1, 0.15) is 51.4 Å². The van der Waals surface area contributed by atoms with Gasteiger partial charge in [0.05, 0.1) is 35.9 Å². The highest BCUT2D eigenvalue weighted by Crippen LogP contribution is 2.28. The summed E-state index contributed by atoms with van der Waals surface area (Å²) >= 11 is 0. The van der Waals surface area contributed by atoms with E-state index in [1.165, 1.54) is 0 Å². The second-order valence-corrected chi connectivity index (χ2v) is 9.06. The molecule has 0 saturated heterocycles. The molecule has 0 radical (unpaired) electrons. The van der Waals surface area contributed by atoms with Gasteiger partial charge in [-0.3, -0.25) is 0 Å². The van der Waals surface area contributed by atoms with Crippen LogP contribution in [-0.4, -0.2) is 19.9 Å². The van der Waals surface area contributed by atoms with Crippen LogP contribution in [0.25, 0.3) is 33.6 Å². The fourth-order valence-electron chi connectivity index (χ4n) is 3.62. The summed E-state index contributed by atoms with van der Waals surface area (Å²) in [5.74, 6) is 2.32. The Labute approximate surface area is 189 Å². The Morgan fingerprint density at radius 2 is 0.875 bits per heavy atom. The van der Waals surface area contributed by atoms with Crippen molar-refractivity contribution in [2.45, 2.75) is 39.8 Å². The topological polar surface area (TPSA) is 109 Å². The van der Waals surface area contributed by atoms with Crippen LogP contribution in [0.4, 0.5) is 0 Å². The van der Waals surface area contributed by atoms with E-state index >= 15 is 0 Å². The van der Waals surface area contributed by atoms with E-state index in [-0.39, 0.29) is 12.1 Å². The van der Waals surface area contributed by atoms with Crippen molar-refractivity contribution in [1.82, 2.24) is 19.9 Å². The van der Waals surface area contributed by atoms with Crippen molar-refractivity contribution in [2.24, 2.45) is 23.3 Å². The van der Waals surface area contributed by atoms with E-state index in [0.717, 1.165) is 45.3 Å². The van der Waals surface area contributed by atoms with Crippen LogP contribution < -0.4 is 11.5 Å². The lowest BCUT2D eigenvalue weighted by Gasteiger charge is -2.12. The molecule has 6 nitrogen and oxygen atoms in total. The van der Waals surface area contributed by atoms with Crippen molar-refractivity contribution in [3.63, 3.8) is 0 Å². The highest BCUT2D eigenvalue weighted by atomic mass is 15.0. The molecule has 6 heteroatoms.